The molecule has 0 aliphatic rings. The van der Waals surface area contributed by atoms with Crippen molar-refractivity contribution in [2.75, 3.05) is 12.4 Å². The number of nitrogens with one attached hydrogen (secondary N) is 1. The second-order valence-electron chi connectivity index (χ2n) is 7.67. The monoisotopic (exact) mass is 381 g/mol. The molecule has 3 rings (SSSR count). The number of carbonyl (C=O) groups is 1. The third-order valence-electron chi connectivity index (χ3n) is 4.47. The quantitative estimate of drug-likeness (QED) is 0.635. The third-order valence-corrected chi connectivity index (χ3v) is 4.47. The standard InChI is InChI=1S/C22H24FN3O2/c1-14-8-6-7-9-18(14)26-20(13-19(25-26)22(2,3)4)24-17-12-15(23)10-11-16(17)21(27)28-5/h6-13,24H,1-5H3. The van der Waals surface area contributed by atoms with Crippen LogP contribution < -0.4 is 5.32 Å². The minimum Gasteiger partial charge on any atom is -0.465 e. The number of carbonyl (C=O) groups excluding carboxylic acids is 1. The van der Waals surface area contributed by atoms with E-state index in [1.807, 2.05) is 37.3 Å². The molecule has 0 bridgehead atoms. The highest BCUT2D eigenvalue weighted by Crippen LogP contribution is 2.30. The van der Waals surface area contributed by atoms with Crippen molar-refractivity contribution >= 4 is 17.5 Å². The summed E-state index contributed by atoms with van der Waals surface area (Å²) >= 11 is 0. The normalized spacial score (nSPS) is 11.4. The summed E-state index contributed by atoms with van der Waals surface area (Å²) in [5.41, 5.74) is 3.20. The Bertz CT molecular complexity index is 1020. The van der Waals surface area contributed by atoms with Crippen LogP contribution in [0.15, 0.2) is 48.5 Å². The molecule has 0 atom stereocenters. The Balaban J connectivity index is 2.15. The molecule has 0 amide bonds. The van der Waals surface area contributed by atoms with Crippen molar-refractivity contribution in [3.63, 3.8) is 0 Å². The van der Waals surface area contributed by atoms with Crippen molar-refractivity contribution in [1.29, 1.82) is 0 Å². The lowest BCUT2D eigenvalue weighted by Gasteiger charge is -2.14. The maximum absolute atomic E-state index is 13.9. The minimum atomic E-state index is -0.541. The average molecular weight is 381 g/mol. The maximum Gasteiger partial charge on any atom is 0.339 e. The molecule has 0 unspecified atom stereocenters. The molecule has 0 saturated carbocycles. The minimum absolute atomic E-state index is 0.183. The number of aromatic nitrogens is 2. The predicted octanol–water partition coefficient (Wildman–Crippen LogP) is 5.15. The van der Waals surface area contributed by atoms with E-state index in [0.717, 1.165) is 16.9 Å². The zero-order valence-corrected chi connectivity index (χ0v) is 16.7. The van der Waals surface area contributed by atoms with Crippen LogP contribution in [0.3, 0.4) is 0 Å². The number of rotatable bonds is 4. The van der Waals surface area contributed by atoms with Crippen molar-refractivity contribution in [3.05, 3.63) is 71.2 Å². The van der Waals surface area contributed by atoms with Crippen molar-refractivity contribution < 1.29 is 13.9 Å². The number of para-hydroxylation sites is 1. The summed E-state index contributed by atoms with van der Waals surface area (Å²) in [4.78, 5) is 12.1. The van der Waals surface area contributed by atoms with E-state index >= 15 is 0 Å². The van der Waals surface area contributed by atoms with Gasteiger partial charge in [0.25, 0.3) is 0 Å². The Labute approximate surface area is 164 Å². The number of halogens is 1. The Morgan fingerprint density at radius 2 is 1.86 bits per heavy atom. The predicted molar refractivity (Wildman–Crippen MR) is 108 cm³/mol. The van der Waals surface area contributed by atoms with Gasteiger partial charge in [-0.15, -0.1) is 0 Å². The van der Waals surface area contributed by atoms with E-state index in [1.165, 1.54) is 25.3 Å². The van der Waals surface area contributed by atoms with Gasteiger partial charge in [-0.25, -0.2) is 13.9 Å². The van der Waals surface area contributed by atoms with Gasteiger partial charge in [-0.2, -0.15) is 5.10 Å². The highest BCUT2D eigenvalue weighted by molar-refractivity contribution is 5.96. The first-order valence-corrected chi connectivity index (χ1v) is 9.02. The van der Waals surface area contributed by atoms with Crippen LogP contribution in [0.1, 0.15) is 42.4 Å². The third kappa shape index (κ3) is 3.91. The molecule has 3 aromatic rings. The van der Waals surface area contributed by atoms with Crippen LogP contribution >= 0.6 is 0 Å². The number of ether oxygens (including phenoxy) is 1. The lowest BCUT2D eigenvalue weighted by molar-refractivity contribution is 0.0602. The molecule has 1 N–H and O–H groups in total. The van der Waals surface area contributed by atoms with E-state index in [-0.39, 0.29) is 11.0 Å². The molecule has 0 saturated heterocycles. The molecule has 2 aromatic carbocycles. The number of esters is 1. The average Bonchev–Trinajstić information content (AvgIpc) is 3.05. The van der Waals surface area contributed by atoms with Crippen LogP contribution in [-0.2, 0) is 10.2 Å². The maximum atomic E-state index is 13.9. The number of aryl methyl sites for hydroxylation is 1. The summed E-state index contributed by atoms with van der Waals surface area (Å²) in [7, 11) is 1.30. The van der Waals surface area contributed by atoms with Gasteiger partial charge in [-0.3, -0.25) is 0 Å². The number of benzene rings is 2. The number of nitrogens with zero attached hydrogens (tertiary/aromatic N) is 2. The molecule has 1 heterocycles. The van der Waals surface area contributed by atoms with Crippen LogP contribution in [0.5, 0.6) is 0 Å². The fourth-order valence-corrected chi connectivity index (χ4v) is 2.87. The summed E-state index contributed by atoms with van der Waals surface area (Å²) in [6, 6.07) is 13.7. The molecule has 1 aromatic heterocycles. The summed E-state index contributed by atoms with van der Waals surface area (Å²) in [6.07, 6.45) is 0. The fraction of sp³-hybridized carbons (Fsp3) is 0.273. The van der Waals surface area contributed by atoms with Gasteiger partial charge < -0.3 is 10.1 Å². The van der Waals surface area contributed by atoms with Gasteiger partial charge in [0.15, 0.2) is 0 Å². The Hall–Kier alpha value is -3.15. The molecule has 146 valence electrons. The van der Waals surface area contributed by atoms with Gasteiger partial charge in [0.05, 0.1) is 29.7 Å². The zero-order chi connectivity index (χ0) is 20.5. The Morgan fingerprint density at radius 3 is 2.50 bits per heavy atom. The highest BCUT2D eigenvalue weighted by atomic mass is 19.1. The highest BCUT2D eigenvalue weighted by Gasteiger charge is 2.22. The first-order chi connectivity index (χ1) is 13.2. The van der Waals surface area contributed by atoms with Crippen LogP contribution in [0.25, 0.3) is 5.69 Å². The van der Waals surface area contributed by atoms with Crippen LogP contribution in [0, 0.1) is 12.7 Å². The van der Waals surface area contributed by atoms with E-state index in [2.05, 4.69) is 26.1 Å². The molecule has 0 fully saturated rings. The van der Waals surface area contributed by atoms with Gasteiger partial charge in [0, 0.05) is 11.5 Å². The fourth-order valence-electron chi connectivity index (χ4n) is 2.87. The smallest absolute Gasteiger partial charge is 0.339 e. The summed E-state index contributed by atoms with van der Waals surface area (Å²) in [5, 5.41) is 7.95. The molecular formula is C22H24FN3O2. The van der Waals surface area contributed by atoms with Gasteiger partial charge in [-0.05, 0) is 36.8 Å². The van der Waals surface area contributed by atoms with Crippen molar-refractivity contribution in [2.24, 2.45) is 0 Å². The Morgan fingerprint density at radius 1 is 1.14 bits per heavy atom. The van der Waals surface area contributed by atoms with Crippen LogP contribution in [0.2, 0.25) is 0 Å². The largest absolute Gasteiger partial charge is 0.465 e. The molecule has 5 nitrogen and oxygen atoms in total. The second-order valence-corrected chi connectivity index (χ2v) is 7.67. The van der Waals surface area contributed by atoms with E-state index < -0.39 is 11.8 Å². The molecule has 0 radical (unpaired) electrons. The van der Waals surface area contributed by atoms with Crippen molar-refractivity contribution in [1.82, 2.24) is 9.78 Å². The lowest BCUT2D eigenvalue weighted by Crippen LogP contribution is -2.13. The number of hydrogen-bond donors (Lipinski definition) is 1. The van der Waals surface area contributed by atoms with Gasteiger partial charge in [0.1, 0.15) is 11.6 Å². The number of hydrogen-bond acceptors (Lipinski definition) is 4. The van der Waals surface area contributed by atoms with E-state index in [1.54, 1.807) is 4.68 Å². The molecule has 28 heavy (non-hydrogen) atoms. The second kappa shape index (κ2) is 7.46. The molecule has 0 aliphatic heterocycles. The molecule has 6 heteroatoms. The molecular weight excluding hydrogens is 357 g/mol. The van der Waals surface area contributed by atoms with Crippen molar-refractivity contribution in [3.8, 4) is 5.69 Å². The van der Waals surface area contributed by atoms with E-state index in [9.17, 15) is 9.18 Å². The Kier molecular flexibility index (Phi) is 5.23. The topological polar surface area (TPSA) is 56.1 Å². The van der Waals surface area contributed by atoms with E-state index in [0.29, 0.717) is 11.5 Å². The molecule has 0 aliphatic carbocycles. The van der Waals surface area contributed by atoms with Gasteiger partial charge >= 0.3 is 5.97 Å². The number of anilines is 2. The van der Waals surface area contributed by atoms with E-state index in [4.69, 9.17) is 9.84 Å². The zero-order valence-electron chi connectivity index (χ0n) is 16.7. The summed E-state index contributed by atoms with van der Waals surface area (Å²) in [5.74, 6) is -0.358. The van der Waals surface area contributed by atoms with Gasteiger partial charge in [0.2, 0.25) is 0 Å². The molecule has 0 spiro atoms. The van der Waals surface area contributed by atoms with Gasteiger partial charge in [-0.1, -0.05) is 39.0 Å². The van der Waals surface area contributed by atoms with Crippen molar-refractivity contribution in [2.45, 2.75) is 33.1 Å². The SMILES string of the molecule is COC(=O)c1ccc(F)cc1Nc1cc(C(C)(C)C)nn1-c1ccccc1C. The van der Waals surface area contributed by atoms with Crippen LogP contribution in [-0.4, -0.2) is 22.9 Å². The van der Waals surface area contributed by atoms with Crippen LogP contribution in [0.4, 0.5) is 15.9 Å². The summed E-state index contributed by atoms with van der Waals surface area (Å²) in [6.45, 7) is 8.22. The lowest BCUT2D eigenvalue weighted by atomic mass is 9.92. The first kappa shape index (κ1) is 19.6. The summed E-state index contributed by atoms with van der Waals surface area (Å²) < 4.78 is 20.5. The number of methoxy groups -OCH3 is 1. The first-order valence-electron chi connectivity index (χ1n) is 9.02.